The minimum absolute atomic E-state index is 0.107. The van der Waals surface area contributed by atoms with Crippen LogP contribution in [0, 0.1) is 0 Å². The third kappa shape index (κ3) is 4.60. The Labute approximate surface area is 151 Å². The highest BCUT2D eigenvalue weighted by Gasteiger charge is 2.08. The molecule has 3 aromatic rings. The van der Waals surface area contributed by atoms with E-state index < -0.39 is 0 Å². The molecule has 3 rings (SSSR count). The van der Waals surface area contributed by atoms with Crippen LogP contribution in [-0.4, -0.2) is 34.9 Å². The van der Waals surface area contributed by atoms with Crippen molar-refractivity contribution in [3.05, 3.63) is 66.2 Å². The predicted molar refractivity (Wildman–Crippen MR) is 97.4 cm³/mol. The van der Waals surface area contributed by atoms with Crippen LogP contribution in [0.3, 0.4) is 0 Å². The predicted octanol–water partition coefficient (Wildman–Crippen LogP) is 2.52. The second kappa shape index (κ2) is 8.15. The van der Waals surface area contributed by atoms with Crippen molar-refractivity contribution >= 4 is 11.6 Å². The van der Waals surface area contributed by atoms with Gasteiger partial charge < -0.3 is 14.8 Å². The molecule has 7 nitrogen and oxygen atoms in total. The van der Waals surface area contributed by atoms with Gasteiger partial charge in [0.1, 0.15) is 24.2 Å². The van der Waals surface area contributed by atoms with E-state index in [9.17, 15) is 4.79 Å². The van der Waals surface area contributed by atoms with E-state index in [1.54, 1.807) is 31.3 Å². The number of nitrogens with one attached hydrogen (secondary N) is 1. The molecule has 0 aliphatic heterocycles. The summed E-state index contributed by atoms with van der Waals surface area (Å²) in [5.74, 6) is 1.21. The number of amides is 1. The number of nitrogens with zero attached hydrogens (tertiary/aromatic N) is 3. The Hall–Kier alpha value is -3.35. The first-order valence-electron chi connectivity index (χ1n) is 8.09. The highest BCUT2D eigenvalue weighted by atomic mass is 16.5. The fraction of sp³-hybridized carbons (Fsp3) is 0.211. The first kappa shape index (κ1) is 17.5. The monoisotopic (exact) mass is 352 g/mol. The van der Waals surface area contributed by atoms with Crippen molar-refractivity contribution in [3.63, 3.8) is 0 Å². The summed E-state index contributed by atoms with van der Waals surface area (Å²) in [6.45, 7) is 0.637. The van der Waals surface area contributed by atoms with Gasteiger partial charge in [-0.3, -0.25) is 4.79 Å². The number of ether oxygens (including phenoxy) is 2. The summed E-state index contributed by atoms with van der Waals surface area (Å²) in [7, 11) is 3.17. The first-order chi connectivity index (χ1) is 12.7. The lowest BCUT2D eigenvalue weighted by atomic mass is 10.1. The molecular formula is C19H20N4O3. The van der Waals surface area contributed by atoms with E-state index in [4.69, 9.17) is 9.47 Å². The Morgan fingerprint density at radius 3 is 2.31 bits per heavy atom. The lowest BCUT2D eigenvalue weighted by Crippen LogP contribution is -2.14. The van der Waals surface area contributed by atoms with Gasteiger partial charge in [-0.1, -0.05) is 12.1 Å². The normalized spacial score (nSPS) is 10.4. The number of hydrogen-bond acceptors (Lipinski definition) is 5. The molecule has 0 aliphatic carbocycles. The first-order valence-corrected chi connectivity index (χ1v) is 8.09. The average Bonchev–Trinajstić information content (AvgIpc) is 3.16. The summed E-state index contributed by atoms with van der Waals surface area (Å²) in [6, 6.07) is 13.1. The van der Waals surface area contributed by atoms with E-state index in [-0.39, 0.29) is 12.3 Å². The van der Waals surface area contributed by atoms with Gasteiger partial charge in [-0.25, -0.2) is 9.67 Å². The molecule has 2 aromatic carbocycles. The van der Waals surface area contributed by atoms with Crippen molar-refractivity contribution < 1.29 is 14.3 Å². The van der Waals surface area contributed by atoms with Crippen molar-refractivity contribution in [1.29, 1.82) is 0 Å². The molecule has 0 atom stereocenters. The molecular weight excluding hydrogens is 332 g/mol. The molecule has 0 saturated heterocycles. The lowest BCUT2D eigenvalue weighted by molar-refractivity contribution is -0.115. The minimum Gasteiger partial charge on any atom is -0.497 e. The van der Waals surface area contributed by atoms with Gasteiger partial charge in [-0.15, -0.1) is 0 Å². The third-order valence-corrected chi connectivity index (χ3v) is 3.82. The lowest BCUT2D eigenvalue weighted by Gasteiger charge is -2.09. The zero-order chi connectivity index (χ0) is 18.4. The largest absolute Gasteiger partial charge is 0.497 e. The number of hydrogen-bond donors (Lipinski definition) is 1. The van der Waals surface area contributed by atoms with Crippen molar-refractivity contribution in [2.45, 2.75) is 13.0 Å². The highest BCUT2D eigenvalue weighted by Crippen LogP contribution is 2.23. The number of anilines is 1. The van der Waals surface area contributed by atoms with Gasteiger partial charge >= 0.3 is 0 Å². The summed E-state index contributed by atoms with van der Waals surface area (Å²) in [5.41, 5.74) is 2.64. The Kier molecular flexibility index (Phi) is 5.48. The van der Waals surface area contributed by atoms with Gasteiger partial charge in [0, 0.05) is 11.8 Å². The molecule has 0 bridgehead atoms. The minimum atomic E-state index is -0.107. The topological polar surface area (TPSA) is 78.3 Å². The molecule has 26 heavy (non-hydrogen) atoms. The smallest absolute Gasteiger partial charge is 0.228 e. The standard InChI is InChI=1S/C19H20N4O3/c1-25-17-7-15(8-18(10-17)26-2)9-19(24)22-16-5-3-14(4-6-16)11-23-13-20-12-21-23/h3-8,10,12-13H,9,11H2,1-2H3,(H,22,24). The highest BCUT2D eigenvalue weighted by molar-refractivity contribution is 5.92. The summed E-state index contributed by atoms with van der Waals surface area (Å²) >= 11 is 0. The third-order valence-electron chi connectivity index (χ3n) is 3.82. The molecule has 0 fully saturated rings. The van der Waals surface area contributed by atoms with Gasteiger partial charge in [-0.05, 0) is 35.4 Å². The van der Waals surface area contributed by atoms with E-state index in [1.165, 1.54) is 6.33 Å². The fourth-order valence-electron chi connectivity index (χ4n) is 2.55. The van der Waals surface area contributed by atoms with Gasteiger partial charge in [0.25, 0.3) is 0 Å². The van der Waals surface area contributed by atoms with Crippen LogP contribution in [0.4, 0.5) is 5.69 Å². The van der Waals surface area contributed by atoms with Gasteiger partial charge in [0.15, 0.2) is 0 Å². The average molecular weight is 352 g/mol. The zero-order valence-corrected chi connectivity index (χ0v) is 14.7. The molecule has 7 heteroatoms. The van der Waals surface area contributed by atoms with E-state index in [1.807, 2.05) is 36.4 Å². The van der Waals surface area contributed by atoms with Gasteiger partial charge in [0.2, 0.25) is 5.91 Å². The van der Waals surface area contributed by atoms with Crippen molar-refractivity contribution in [3.8, 4) is 11.5 Å². The molecule has 0 aliphatic rings. The number of benzene rings is 2. The van der Waals surface area contributed by atoms with Crippen LogP contribution >= 0.6 is 0 Å². The number of rotatable bonds is 7. The second-order valence-electron chi connectivity index (χ2n) is 5.74. The van der Waals surface area contributed by atoms with Crippen molar-refractivity contribution in [2.75, 3.05) is 19.5 Å². The van der Waals surface area contributed by atoms with Gasteiger partial charge in [0.05, 0.1) is 27.2 Å². The molecule has 1 amide bonds. The van der Waals surface area contributed by atoms with E-state index >= 15 is 0 Å². The van der Waals surface area contributed by atoms with E-state index in [0.29, 0.717) is 18.0 Å². The van der Waals surface area contributed by atoms with Crippen LogP contribution in [0.15, 0.2) is 55.1 Å². The second-order valence-corrected chi connectivity index (χ2v) is 5.74. The molecule has 0 unspecified atom stereocenters. The molecule has 0 spiro atoms. The fourth-order valence-corrected chi connectivity index (χ4v) is 2.55. The summed E-state index contributed by atoms with van der Waals surface area (Å²) in [4.78, 5) is 16.2. The van der Waals surface area contributed by atoms with Gasteiger partial charge in [-0.2, -0.15) is 5.10 Å². The molecule has 1 aromatic heterocycles. The van der Waals surface area contributed by atoms with Crippen LogP contribution in [0.25, 0.3) is 0 Å². The molecule has 0 saturated carbocycles. The molecule has 134 valence electrons. The summed E-state index contributed by atoms with van der Waals surface area (Å²) in [5, 5.41) is 6.97. The number of aromatic nitrogens is 3. The Bertz CT molecular complexity index is 839. The van der Waals surface area contributed by atoms with E-state index in [0.717, 1.165) is 16.8 Å². The van der Waals surface area contributed by atoms with Crippen LogP contribution in [0.5, 0.6) is 11.5 Å². The summed E-state index contributed by atoms with van der Waals surface area (Å²) in [6.07, 6.45) is 3.40. The maximum absolute atomic E-state index is 12.3. The molecule has 0 radical (unpaired) electrons. The van der Waals surface area contributed by atoms with Crippen LogP contribution in [0.1, 0.15) is 11.1 Å². The number of methoxy groups -OCH3 is 2. The molecule has 1 heterocycles. The maximum Gasteiger partial charge on any atom is 0.228 e. The number of carbonyl (C=O) groups excluding carboxylic acids is 1. The van der Waals surface area contributed by atoms with Crippen molar-refractivity contribution in [2.24, 2.45) is 0 Å². The number of carbonyl (C=O) groups is 1. The quantitative estimate of drug-likeness (QED) is 0.707. The van der Waals surface area contributed by atoms with Crippen molar-refractivity contribution in [1.82, 2.24) is 14.8 Å². The van der Waals surface area contributed by atoms with Crippen LogP contribution in [0.2, 0.25) is 0 Å². The maximum atomic E-state index is 12.3. The van der Waals surface area contributed by atoms with Crippen LogP contribution in [-0.2, 0) is 17.8 Å². The molecule has 1 N–H and O–H groups in total. The Balaban J connectivity index is 1.61. The Morgan fingerprint density at radius 1 is 1.04 bits per heavy atom. The van der Waals surface area contributed by atoms with Crippen LogP contribution < -0.4 is 14.8 Å². The van der Waals surface area contributed by atoms with E-state index in [2.05, 4.69) is 15.4 Å². The SMILES string of the molecule is COc1cc(CC(=O)Nc2ccc(Cn3cncn3)cc2)cc(OC)c1. The Morgan fingerprint density at radius 2 is 1.73 bits per heavy atom. The summed E-state index contributed by atoms with van der Waals surface area (Å²) < 4.78 is 12.2. The zero-order valence-electron chi connectivity index (χ0n) is 14.7.